The van der Waals surface area contributed by atoms with Crippen molar-refractivity contribution in [2.45, 2.75) is 32.1 Å². The summed E-state index contributed by atoms with van der Waals surface area (Å²) in [5, 5.41) is 0. The number of anilines is 1. The molecule has 3 rings (SSSR count). The molecule has 2 heterocycles. The fourth-order valence-corrected chi connectivity index (χ4v) is 3.17. The minimum absolute atomic E-state index is 0.176. The second kappa shape index (κ2) is 6.94. The van der Waals surface area contributed by atoms with Crippen LogP contribution in [-0.2, 0) is 4.79 Å². The van der Waals surface area contributed by atoms with E-state index in [4.69, 9.17) is 4.74 Å². The van der Waals surface area contributed by atoms with Gasteiger partial charge in [-0.05, 0) is 38.1 Å². The Kier molecular flexibility index (Phi) is 4.76. The zero-order chi connectivity index (χ0) is 14.5. The number of hydrogen-bond acceptors (Lipinski definition) is 3. The Hall–Kier alpha value is -1.55. The lowest BCUT2D eigenvalue weighted by Crippen LogP contribution is -2.38. The van der Waals surface area contributed by atoms with E-state index in [1.807, 2.05) is 29.2 Å². The topological polar surface area (TPSA) is 32.8 Å². The van der Waals surface area contributed by atoms with E-state index in [0.717, 1.165) is 24.5 Å². The van der Waals surface area contributed by atoms with E-state index in [0.29, 0.717) is 13.0 Å². The van der Waals surface area contributed by atoms with Crippen molar-refractivity contribution in [1.82, 2.24) is 4.90 Å². The Morgan fingerprint density at radius 3 is 2.57 bits per heavy atom. The zero-order valence-corrected chi connectivity index (χ0v) is 12.6. The number of hydrogen-bond donors (Lipinski definition) is 0. The molecular formula is C17H24N2O2. The molecule has 1 aromatic rings. The van der Waals surface area contributed by atoms with Crippen LogP contribution in [0, 0.1) is 0 Å². The number of amides is 1. The van der Waals surface area contributed by atoms with Crippen molar-refractivity contribution < 1.29 is 9.53 Å². The van der Waals surface area contributed by atoms with Gasteiger partial charge in [-0.1, -0.05) is 25.0 Å². The summed E-state index contributed by atoms with van der Waals surface area (Å²) < 4.78 is 5.68. The largest absolute Gasteiger partial charge is 0.491 e. The molecule has 0 saturated carbocycles. The summed E-state index contributed by atoms with van der Waals surface area (Å²) in [6.45, 7) is 4.54. The van der Waals surface area contributed by atoms with E-state index in [9.17, 15) is 4.79 Å². The first-order valence-corrected chi connectivity index (χ1v) is 8.09. The van der Waals surface area contributed by atoms with Crippen molar-refractivity contribution in [2.24, 2.45) is 0 Å². The van der Waals surface area contributed by atoms with Gasteiger partial charge >= 0.3 is 0 Å². The minimum atomic E-state index is 0.176. The summed E-state index contributed by atoms with van der Waals surface area (Å²) in [5.41, 5.74) is 0.926. The molecule has 114 valence electrons. The lowest BCUT2D eigenvalue weighted by Gasteiger charge is -2.26. The van der Waals surface area contributed by atoms with Gasteiger partial charge in [0.2, 0.25) is 5.91 Å². The Morgan fingerprint density at radius 2 is 1.76 bits per heavy atom. The van der Waals surface area contributed by atoms with Crippen molar-refractivity contribution in [3.05, 3.63) is 24.3 Å². The van der Waals surface area contributed by atoms with Gasteiger partial charge in [0.1, 0.15) is 5.75 Å². The van der Waals surface area contributed by atoms with Gasteiger partial charge < -0.3 is 14.5 Å². The fraction of sp³-hybridized carbons (Fsp3) is 0.588. The van der Waals surface area contributed by atoms with Gasteiger partial charge in [-0.3, -0.25) is 4.79 Å². The maximum atomic E-state index is 12.3. The fourth-order valence-electron chi connectivity index (χ4n) is 3.17. The molecule has 2 aliphatic heterocycles. The molecule has 1 amide bonds. The maximum absolute atomic E-state index is 12.3. The zero-order valence-electron chi connectivity index (χ0n) is 12.6. The average molecular weight is 288 g/mol. The van der Waals surface area contributed by atoms with Crippen LogP contribution in [0.25, 0.3) is 0 Å². The lowest BCUT2D eigenvalue weighted by molar-refractivity contribution is -0.118. The van der Waals surface area contributed by atoms with E-state index < -0.39 is 0 Å². The third kappa shape index (κ3) is 3.56. The molecule has 0 unspecified atom stereocenters. The van der Waals surface area contributed by atoms with Crippen LogP contribution < -0.4 is 9.64 Å². The molecule has 0 aromatic heterocycles. The summed E-state index contributed by atoms with van der Waals surface area (Å²) in [6.07, 6.45) is 5.72. The van der Waals surface area contributed by atoms with Crippen LogP contribution in [0.3, 0.4) is 0 Å². The smallest absolute Gasteiger partial charge is 0.230 e. The third-order valence-electron chi connectivity index (χ3n) is 4.37. The minimum Gasteiger partial charge on any atom is -0.491 e. The molecule has 21 heavy (non-hydrogen) atoms. The van der Waals surface area contributed by atoms with E-state index in [1.54, 1.807) is 0 Å². The Labute approximate surface area is 126 Å². The number of para-hydroxylation sites is 2. The Morgan fingerprint density at radius 1 is 1.00 bits per heavy atom. The SMILES string of the molecule is O=C1CCOc2ccccc2N1CCN1CCCCCC1. The van der Waals surface area contributed by atoms with Gasteiger partial charge in [0.25, 0.3) is 0 Å². The van der Waals surface area contributed by atoms with Crippen molar-refractivity contribution in [3.63, 3.8) is 0 Å². The number of rotatable bonds is 3. The first-order chi connectivity index (χ1) is 10.3. The molecule has 0 atom stereocenters. The molecule has 0 radical (unpaired) electrons. The highest BCUT2D eigenvalue weighted by atomic mass is 16.5. The van der Waals surface area contributed by atoms with Gasteiger partial charge in [0.15, 0.2) is 0 Å². The van der Waals surface area contributed by atoms with Crippen molar-refractivity contribution >= 4 is 11.6 Å². The molecule has 0 bridgehead atoms. The molecule has 1 saturated heterocycles. The number of carbonyl (C=O) groups is 1. The number of carbonyl (C=O) groups excluding carboxylic acids is 1. The number of benzene rings is 1. The quantitative estimate of drug-likeness (QED) is 0.857. The van der Waals surface area contributed by atoms with Crippen LogP contribution in [0.15, 0.2) is 24.3 Å². The van der Waals surface area contributed by atoms with Gasteiger partial charge in [-0.2, -0.15) is 0 Å². The maximum Gasteiger partial charge on any atom is 0.230 e. The van der Waals surface area contributed by atoms with Gasteiger partial charge in [-0.15, -0.1) is 0 Å². The number of likely N-dealkylation sites (tertiary alicyclic amines) is 1. The number of nitrogens with zero attached hydrogens (tertiary/aromatic N) is 2. The van der Waals surface area contributed by atoms with Crippen LogP contribution >= 0.6 is 0 Å². The summed E-state index contributed by atoms with van der Waals surface area (Å²) in [6, 6.07) is 7.87. The number of fused-ring (bicyclic) bond motifs is 1. The standard InChI is InChI=1S/C17H24N2O2/c20-17-9-14-21-16-8-4-3-7-15(16)19(17)13-12-18-10-5-1-2-6-11-18/h3-4,7-8H,1-2,5-6,9-14H2. The molecule has 1 fully saturated rings. The molecule has 1 aromatic carbocycles. The second-order valence-electron chi connectivity index (χ2n) is 5.87. The van der Waals surface area contributed by atoms with Crippen LogP contribution in [0.5, 0.6) is 5.75 Å². The molecule has 4 heteroatoms. The summed E-state index contributed by atoms with van der Waals surface area (Å²) in [4.78, 5) is 16.7. The third-order valence-corrected chi connectivity index (χ3v) is 4.37. The Bertz CT molecular complexity index is 481. The second-order valence-corrected chi connectivity index (χ2v) is 5.87. The Balaban J connectivity index is 1.69. The van der Waals surface area contributed by atoms with Crippen LogP contribution in [0.1, 0.15) is 32.1 Å². The number of ether oxygens (including phenoxy) is 1. The normalized spacial score (nSPS) is 20.4. The molecule has 2 aliphatic rings. The highest BCUT2D eigenvalue weighted by Gasteiger charge is 2.23. The molecule has 4 nitrogen and oxygen atoms in total. The molecule has 0 spiro atoms. The predicted molar refractivity (Wildman–Crippen MR) is 83.8 cm³/mol. The van der Waals surface area contributed by atoms with Crippen molar-refractivity contribution in [1.29, 1.82) is 0 Å². The first-order valence-electron chi connectivity index (χ1n) is 8.09. The van der Waals surface area contributed by atoms with Crippen LogP contribution in [-0.4, -0.2) is 43.6 Å². The highest BCUT2D eigenvalue weighted by molar-refractivity contribution is 5.95. The highest BCUT2D eigenvalue weighted by Crippen LogP contribution is 2.30. The summed E-state index contributed by atoms with van der Waals surface area (Å²) >= 11 is 0. The van der Waals surface area contributed by atoms with Gasteiger partial charge in [0.05, 0.1) is 18.7 Å². The summed E-state index contributed by atoms with van der Waals surface area (Å²) in [7, 11) is 0. The van der Waals surface area contributed by atoms with Crippen LogP contribution in [0.2, 0.25) is 0 Å². The first kappa shape index (κ1) is 14.4. The van der Waals surface area contributed by atoms with Crippen LogP contribution in [0.4, 0.5) is 5.69 Å². The van der Waals surface area contributed by atoms with E-state index in [2.05, 4.69) is 4.90 Å². The summed E-state index contributed by atoms with van der Waals surface area (Å²) in [5.74, 6) is 1.01. The van der Waals surface area contributed by atoms with Gasteiger partial charge in [0, 0.05) is 13.1 Å². The molecule has 0 aliphatic carbocycles. The van der Waals surface area contributed by atoms with Crippen molar-refractivity contribution in [2.75, 3.05) is 37.7 Å². The average Bonchev–Trinajstić information content (AvgIpc) is 2.84. The van der Waals surface area contributed by atoms with Crippen molar-refractivity contribution in [3.8, 4) is 5.75 Å². The van der Waals surface area contributed by atoms with E-state index >= 15 is 0 Å². The monoisotopic (exact) mass is 288 g/mol. The van der Waals surface area contributed by atoms with E-state index in [1.165, 1.54) is 38.8 Å². The van der Waals surface area contributed by atoms with E-state index in [-0.39, 0.29) is 5.91 Å². The lowest BCUT2D eigenvalue weighted by atomic mass is 10.2. The molecular weight excluding hydrogens is 264 g/mol. The van der Waals surface area contributed by atoms with Gasteiger partial charge in [-0.25, -0.2) is 0 Å². The predicted octanol–water partition coefficient (Wildman–Crippen LogP) is 2.68. The molecule has 0 N–H and O–H groups in total.